The van der Waals surface area contributed by atoms with Crippen LogP contribution in [-0.4, -0.2) is 57.7 Å². The number of carbonyl (C=O) groups is 1. The number of amides is 1. The van der Waals surface area contributed by atoms with E-state index < -0.39 is 52.9 Å². The molecule has 34 heavy (non-hydrogen) atoms. The molecule has 0 spiro atoms. The van der Waals surface area contributed by atoms with Crippen LogP contribution in [0, 0.1) is 0 Å². The van der Waals surface area contributed by atoms with Gasteiger partial charge in [0.15, 0.2) is 6.10 Å². The molecule has 0 fully saturated rings. The van der Waals surface area contributed by atoms with Crippen molar-refractivity contribution in [2.45, 2.75) is 36.3 Å². The first-order chi connectivity index (χ1) is 15.7. The molecule has 3 rings (SSSR count). The Morgan fingerprint density at radius 1 is 1.03 bits per heavy atom. The van der Waals surface area contributed by atoms with E-state index in [9.17, 15) is 45.7 Å². The van der Waals surface area contributed by atoms with E-state index in [1.54, 1.807) is 0 Å². The highest BCUT2D eigenvalue weighted by Crippen LogP contribution is 2.55. The lowest BCUT2D eigenvalue weighted by Gasteiger charge is -2.41. The molecule has 0 saturated carbocycles. The maximum atomic E-state index is 14.8. The van der Waals surface area contributed by atoms with Crippen LogP contribution in [0.3, 0.4) is 0 Å². The summed E-state index contributed by atoms with van der Waals surface area (Å²) < 4.78 is 101. The minimum Gasteiger partial charge on any atom is -0.497 e. The number of aliphatic hydroxyl groups is 2. The third kappa shape index (κ3) is 3.98. The largest absolute Gasteiger partial charge is 0.497 e. The van der Waals surface area contributed by atoms with Crippen LogP contribution in [0.5, 0.6) is 5.75 Å². The second-order valence-electron chi connectivity index (χ2n) is 7.38. The predicted octanol–water partition coefficient (Wildman–Crippen LogP) is 3.89. The van der Waals surface area contributed by atoms with E-state index in [-0.39, 0.29) is 11.1 Å². The lowest BCUT2D eigenvalue weighted by atomic mass is 9.91. The Bertz CT molecular complexity index is 1070. The van der Waals surface area contributed by atoms with Crippen molar-refractivity contribution < 1.29 is 50.5 Å². The summed E-state index contributed by atoms with van der Waals surface area (Å²) in [7, 11) is 1.31. The number of benzene rings is 2. The Labute approximate surface area is 187 Å². The van der Waals surface area contributed by atoms with Gasteiger partial charge < -0.3 is 14.9 Å². The second kappa shape index (κ2) is 8.55. The van der Waals surface area contributed by atoms with Gasteiger partial charge in [0.2, 0.25) is 5.72 Å². The molecule has 1 aliphatic heterocycles. The first-order valence-corrected chi connectivity index (χ1v) is 9.51. The molecule has 0 radical (unpaired) electrons. The highest BCUT2D eigenvalue weighted by molar-refractivity contribution is 6.04. The lowest BCUT2D eigenvalue weighted by molar-refractivity contribution is -0.401. The van der Waals surface area contributed by atoms with Crippen LogP contribution in [0.4, 0.5) is 30.7 Å². The molecule has 6 nitrogen and oxygen atoms in total. The number of halogens is 7. The zero-order chi connectivity index (χ0) is 25.5. The molecular formula is C21H17F7N2O4. The predicted molar refractivity (Wildman–Crippen MR) is 103 cm³/mol. The van der Waals surface area contributed by atoms with Crippen molar-refractivity contribution in [1.29, 1.82) is 0 Å². The Morgan fingerprint density at radius 2 is 1.59 bits per heavy atom. The van der Waals surface area contributed by atoms with Crippen LogP contribution in [0.2, 0.25) is 0 Å². The van der Waals surface area contributed by atoms with Gasteiger partial charge in [0.05, 0.1) is 12.8 Å². The number of aliphatic hydroxyl groups excluding tert-OH is 1. The van der Waals surface area contributed by atoms with Gasteiger partial charge in [-0.3, -0.25) is 4.79 Å². The number of nitrogens with zero attached hydrogens (tertiary/aromatic N) is 2. The molecule has 0 unspecified atom stereocenters. The quantitative estimate of drug-likeness (QED) is 0.598. The fraction of sp³-hybridized carbons (Fsp3) is 0.333. The average molecular weight is 494 g/mol. The molecule has 2 aromatic carbocycles. The molecule has 0 saturated heterocycles. The van der Waals surface area contributed by atoms with Crippen LogP contribution in [0.15, 0.2) is 59.7 Å². The number of methoxy groups -OCH3 is 1. The molecule has 2 atom stereocenters. The molecule has 13 heteroatoms. The first-order valence-electron chi connectivity index (χ1n) is 9.51. The second-order valence-corrected chi connectivity index (χ2v) is 7.38. The van der Waals surface area contributed by atoms with E-state index in [1.807, 2.05) is 0 Å². The van der Waals surface area contributed by atoms with Crippen LogP contribution >= 0.6 is 0 Å². The van der Waals surface area contributed by atoms with Gasteiger partial charge in [-0.2, -0.15) is 40.8 Å². The van der Waals surface area contributed by atoms with E-state index in [0.717, 1.165) is 0 Å². The molecule has 1 aliphatic rings. The number of hydrazone groups is 1. The number of rotatable bonds is 6. The van der Waals surface area contributed by atoms with Crippen molar-refractivity contribution in [3.05, 3.63) is 65.7 Å². The van der Waals surface area contributed by atoms with Crippen molar-refractivity contribution in [1.82, 2.24) is 5.01 Å². The molecule has 0 bridgehead atoms. The topological polar surface area (TPSA) is 82.4 Å². The molecule has 184 valence electrons. The van der Waals surface area contributed by atoms with Gasteiger partial charge in [-0.05, 0) is 35.4 Å². The van der Waals surface area contributed by atoms with E-state index in [2.05, 4.69) is 5.10 Å². The third-order valence-corrected chi connectivity index (χ3v) is 5.22. The van der Waals surface area contributed by atoms with Crippen molar-refractivity contribution in [3.8, 4) is 5.75 Å². The Kier molecular flexibility index (Phi) is 6.39. The average Bonchev–Trinajstić information content (AvgIpc) is 3.17. The van der Waals surface area contributed by atoms with Crippen molar-refractivity contribution in [2.75, 3.05) is 7.11 Å². The Balaban J connectivity index is 2.12. The summed E-state index contributed by atoms with van der Waals surface area (Å²) >= 11 is 0. The number of hydrogen-bond acceptors (Lipinski definition) is 5. The summed E-state index contributed by atoms with van der Waals surface area (Å²) in [5, 5.41) is 23.7. The lowest BCUT2D eigenvalue weighted by Crippen LogP contribution is -2.69. The fourth-order valence-corrected chi connectivity index (χ4v) is 3.29. The van der Waals surface area contributed by atoms with E-state index in [4.69, 9.17) is 4.74 Å². The number of ether oxygens (including phenoxy) is 1. The van der Waals surface area contributed by atoms with Crippen molar-refractivity contribution in [2.24, 2.45) is 5.10 Å². The molecule has 1 amide bonds. The number of alkyl halides is 7. The summed E-state index contributed by atoms with van der Waals surface area (Å²) in [6.45, 7) is 0. The van der Waals surface area contributed by atoms with E-state index in [1.165, 1.54) is 61.7 Å². The van der Waals surface area contributed by atoms with Crippen molar-refractivity contribution >= 4 is 11.6 Å². The zero-order valence-electron chi connectivity index (χ0n) is 17.2. The highest BCUT2D eigenvalue weighted by Gasteiger charge is 2.82. The molecule has 2 aromatic rings. The van der Waals surface area contributed by atoms with Gasteiger partial charge in [0.1, 0.15) is 5.75 Å². The summed E-state index contributed by atoms with van der Waals surface area (Å²) in [5.74, 6) is -14.6. The van der Waals surface area contributed by atoms with Gasteiger partial charge in [-0.15, -0.1) is 0 Å². The third-order valence-electron chi connectivity index (χ3n) is 5.22. The summed E-state index contributed by atoms with van der Waals surface area (Å²) in [6, 6.07) is 11.6. The molecule has 1 heterocycles. The Hall–Kier alpha value is -3.19. The zero-order valence-corrected chi connectivity index (χ0v) is 17.2. The van der Waals surface area contributed by atoms with Gasteiger partial charge in [-0.25, -0.2) is 0 Å². The van der Waals surface area contributed by atoms with E-state index >= 15 is 0 Å². The van der Waals surface area contributed by atoms with Gasteiger partial charge in [-0.1, -0.05) is 30.3 Å². The fourth-order valence-electron chi connectivity index (χ4n) is 3.29. The minimum atomic E-state index is -6.78. The van der Waals surface area contributed by atoms with Gasteiger partial charge in [0, 0.05) is 6.42 Å². The normalized spacial score (nSPS) is 20.2. The first kappa shape index (κ1) is 25.4. The molecular weight excluding hydrogens is 477 g/mol. The minimum absolute atomic E-state index is 0.0742. The smallest absolute Gasteiger partial charge is 0.460 e. The van der Waals surface area contributed by atoms with Crippen LogP contribution in [0.25, 0.3) is 0 Å². The monoisotopic (exact) mass is 494 g/mol. The number of carbonyl (C=O) groups excluding carboxylic acids is 1. The molecule has 0 aliphatic carbocycles. The Morgan fingerprint density at radius 3 is 2.09 bits per heavy atom. The summed E-state index contributed by atoms with van der Waals surface area (Å²) in [6.07, 6.45) is -10.7. The standard InChI is InChI=1S/C21H17F7N2O4/c1-34-14-9-7-12(8-10-14)15-11-18(33,19(22,23)20(24,25)21(26,27)28)30(29-15)17(32)16(31)13-5-3-2-4-6-13/h2-10,16,31,33H,11H2,1H3/t16-,18-/m1/s1. The number of hydrogen-bond donors (Lipinski definition) is 2. The van der Waals surface area contributed by atoms with Gasteiger partial charge in [0.25, 0.3) is 5.91 Å². The van der Waals surface area contributed by atoms with E-state index in [0.29, 0.717) is 5.75 Å². The molecule has 2 N–H and O–H groups in total. The van der Waals surface area contributed by atoms with Gasteiger partial charge >= 0.3 is 18.0 Å². The maximum Gasteiger partial charge on any atom is 0.460 e. The maximum absolute atomic E-state index is 14.8. The van der Waals surface area contributed by atoms with Crippen LogP contribution < -0.4 is 4.74 Å². The summed E-state index contributed by atoms with van der Waals surface area (Å²) in [4.78, 5) is 12.8. The van der Waals surface area contributed by atoms with Crippen LogP contribution in [0.1, 0.15) is 23.7 Å². The summed E-state index contributed by atoms with van der Waals surface area (Å²) in [5.41, 5.74) is -5.34. The molecule has 0 aromatic heterocycles. The van der Waals surface area contributed by atoms with Crippen molar-refractivity contribution in [3.63, 3.8) is 0 Å². The highest BCUT2D eigenvalue weighted by atomic mass is 19.4. The van der Waals surface area contributed by atoms with Crippen LogP contribution in [-0.2, 0) is 4.79 Å². The SMILES string of the molecule is COc1ccc(C2=NN(C(=O)[C@H](O)c3ccccc3)[C@](O)(C(F)(F)C(F)(F)C(F)(F)F)C2)cc1.